The van der Waals surface area contributed by atoms with E-state index in [9.17, 15) is 4.79 Å². The number of amides is 1. The first-order valence-electron chi connectivity index (χ1n) is 9.64. The highest BCUT2D eigenvalue weighted by molar-refractivity contribution is 6.30. The van der Waals surface area contributed by atoms with Gasteiger partial charge in [0.05, 0.1) is 27.5 Å². The first-order valence-corrected chi connectivity index (χ1v) is 10.0. The van der Waals surface area contributed by atoms with Crippen LogP contribution in [-0.2, 0) is 6.61 Å². The Labute approximate surface area is 191 Å². The number of methoxy groups -OCH3 is 3. The summed E-state index contributed by atoms with van der Waals surface area (Å²) in [5.41, 5.74) is 4.56. The number of ether oxygens (including phenoxy) is 4. The molecule has 8 heteroatoms. The molecule has 0 fully saturated rings. The Morgan fingerprint density at radius 1 is 0.906 bits per heavy atom. The molecule has 0 aliphatic rings. The van der Waals surface area contributed by atoms with Crippen molar-refractivity contribution in [1.82, 2.24) is 5.43 Å². The van der Waals surface area contributed by atoms with Gasteiger partial charge in [0.15, 0.2) is 11.5 Å². The topological polar surface area (TPSA) is 78.4 Å². The molecule has 0 aliphatic heterocycles. The Bertz CT molecular complexity index is 1080. The molecule has 0 atom stereocenters. The van der Waals surface area contributed by atoms with Gasteiger partial charge in [-0.25, -0.2) is 5.43 Å². The zero-order valence-electron chi connectivity index (χ0n) is 17.9. The number of halogens is 1. The molecular formula is C24H23ClN2O5. The Morgan fingerprint density at radius 3 is 2.22 bits per heavy atom. The third kappa shape index (κ3) is 6.15. The van der Waals surface area contributed by atoms with Gasteiger partial charge in [0, 0.05) is 16.7 Å². The Kier molecular flexibility index (Phi) is 7.94. The standard InChI is InChI=1S/C24H23ClN2O5/c1-29-20-11-18(12-21(13-20)30-2)24(28)27-26-14-17-6-9-22(23(10-17)31-3)32-15-16-4-7-19(25)8-5-16/h4-14H,15H2,1-3H3,(H,27,28)/b26-14+. The minimum atomic E-state index is -0.395. The van der Waals surface area contributed by atoms with Gasteiger partial charge in [0.2, 0.25) is 0 Å². The van der Waals surface area contributed by atoms with Gasteiger partial charge in [0.25, 0.3) is 5.91 Å². The van der Waals surface area contributed by atoms with Gasteiger partial charge in [-0.1, -0.05) is 23.7 Å². The largest absolute Gasteiger partial charge is 0.497 e. The van der Waals surface area contributed by atoms with Gasteiger partial charge in [-0.3, -0.25) is 4.79 Å². The number of carbonyl (C=O) groups is 1. The molecule has 1 N–H and O–H groups in total. The number of nitrogens with one attached hydrogen (secondary N) is 1. The lowest BCUT2D eigenvalue weighted by Gasteiger charge is -2.11. The summed E-state index contributed by atoms with van der Waals surface area (Å²) in [6.45, 7) is 0.376. The van der Waals surface area contributed by atoms with Crippen molar-refractivity contribution in [2.24, 2.45) is 5.10 Å². The van der Waals surface area contributed by atoms with Crippen LogP contribution >= 0.6 is 11.6 Å². The highest BCUT2D eigenvalue weighted by atomic mass is 35.5. The second kappa shape index (κ2) is 11.1. The van der Waals surface area contributed by atoms with Crippen molar-refractivity contribution >= 4 is 23.7 Å². The molecule has 0 heterocycles. The fourth-order valence-electron chi connectivity index (χ4n) is 2.79. The zero-order valence-corrected chi connectivity index (χ0v) is 18.7. The van der Waals surface area contributed by atoms with Crippen molar-refractivity contribution in [3.8, 4) is 23.0 Å². The van der Waals surface area contributed by atoms with Crippen LogP contribution in [0.1, 0.15) is 21.5 Å². The predicted octanol–water partition coefficient (Wildman–Crippen LogP) is 4.71. The molecule has 32 heavy (non-hydrogen) atoms. The summed E-state index contributed by atoms with van der Waals surface area (Å²) in [7, 11) is 4.60. The molecule has 3 aromatic rings. The van der Waals surface area contributed by atoms with Gasteiger partial charge in [-0.2, -0.15) is 5.10 Å². The van der Waals surface area contributed by atoms with Crippen LogP contribution < -0.4 is 24.4 Å². The first kappa shape index (κ1) is 23.0. The third-order valence-corrected chi connectivity index (χ3v) is 4.74. The molecule has 0 aliphatic carbocycles. The van der Waals surface area contributed by atoms with Gasteiger partial charge in [-0.05, 0) is 53.6 Å². The van der Waals surface area contributed by atoms with Crippen LogP contribution in [0.4, 0.5) is 0 Å². The van der Waals surface area contributed by atoms with E-state index in [1.807, 2.05) is 30.3 Å². The Morgan fingerprint density at radius 2 is 1.59 bits per heavy atom. The summed E-state index contributed by atoms with van der Waals surface area (Å²) in [6.07, 6.45) is 1.51. The van der Waals surface area contributed by atoms with Crippen molar-refractivity contribution in [3.05, 3.63) is 82.4 Å². The van der Waals surface area contributed by atoms with Crippen molar-refractivity contribution in [2.45, 2.75) is 6.61 Å². The van der Waals surface area contributed by atoms with E-state index < -0.39 is 5.91 Å². The molecule has 0 unspecified atom stereocenters. The van der Waals surface area contributed by atoms with Crippen molar-refractivity contribution in [3.63, 3.8) is 0 Å². The minimum absolute atomic E-state index is 0.363. The van der Waals surface area contributed by atoms with Crippen LogP contribution in [0.5, 0.6) is 23.0 Å². The Balaban J connectivity index is 1.64. The number of rotatable bonds is 9. The summed E-state index contributed by atoms with van der Waals surface area (Å²) >= 11 is 5.91. The molecule has 1 amide bonds. The first-order chi connectivity index (χ1) is 15.5. The summed E-state index contributed by atoms with van der Waals surface area (Å²) in [5, 5.41) is 4.69. The lowest BCUT2D eigenvalue weighted by Crippen LogP contribution is -2.17. The van der Waals surface area contributed by atoms with E-state index in [0.29, 0.717) is 40.2 Å². The molecular weight excluding hydrogens is 432 g/mol. The van der Waals surface area contributed by atoms with Crippen LogP contribution in [0.25, 0.3) is 0 Å². The number of carbonyl (C=O) groups excluding carboxylic acids is 1. The van der Waals surface area contributed by atoms with Crippen LogP contribution in [0.15, 0.2) is 65.8 Å². The van der Waals surface area contributed by atoms with E-state index in [1.165, 1.54) is 20.4 Å². The van der Waals surface area contributed by atoms with E-state index in [2.05, 4.69) is 10.5 Å². The van der Waals surface area contributed by atoms with Gasteiger partial charge >= 0.3 is 0 Å². The molecule has 7 nitrogen and oxygen atoms in total. The maximum atomic E-state index is 12.4. The lowest BCUT2D eigenvalue weighted by atomic mass is 10.2. The average molecular weight is 455 g/mol. The number of hydrogen-bond acceptors (Lipinski definition) is 6. The van der Waals surface area contributed by atoms with Gasteiger partial charge in [-0.15, -0.1) is 0 Å². The predicted molar refractivity (Wildman–Crippen MR) is 123 cm³/mol. The smallest absolute Gasteiger partial charge is 0.271 e. The molecule has 0 spiro atoms. The second-order valence-corrected chi connectivity index (χ2v) is 7.06. The van der Waals surface area contributed by atoms with E-state index >= 15 is 0 Å². The maximum Gasteiger partial charge on any atom is 0.271 e. The van der Waals surface area contributed by atoms with Crippen LogP contribution in [-0.4, -0.2) is 33.5 Å². The monoisotopic (exact) mass is 454 g/mol. The molecule has 3 rings (SSSR count). The highest BCUT2D eigenvalue weighted by Gasteiger charge is 2.10. The van der Waals surface area contributed by atoms with Gasteiger partial charge < -0.3 is 18.9 Å². The number of benzene rings is 3. The second-order valence-electron chi connectivity index (χ2n) is 6.63. The maximum absolute atomic E-state index is 12.4. The van der Waals surface area contributed by atoms with E-state index in [4.69, 9.17) is 30.5 Å². The lowest BCUT2D eigenvalue weighted by molar-refractivity contribution is 0.0954. The van der Waals surface area contributed by atoms with Gasteiger partial charge in [0.1, 0.15) is 18.1 Å². The van der Waals surface area contributed by atoms with E-state index in [-0.39, 0.29) is 0 Å². The molecule has 0 bridgehead atoms. The molecule has 0 radical (unpaired) electrons. The average Bonchev–Trinajstić information content (AvgIpc) is 2.83. The molecule has 166 valence electrons. The normalized spacial score (nSPS) is 10.6. The quantitative estimate of drug-likeness (QED) is 0.374. The summed E-state index contributed by atoms with van der Waals surface area (Å²) in [5.74, 6) is 1.77. The van der Waals surface area contributed by atoms with Crippen molar-refractivity contribution < 1.29 is 23.7 Å². The fourth-order valence-corrected chi connectivity index (χ4v) is 2.92. The molecule has 3 aromatic carbocycles. The SMILES string of the molecule is COc1cc(OC)cc(C(=O)N/N=C/c2ccc(OCc3ccc(Cl)cc3)c(OC)c2)c1. The number of nitrogens with zero attached hydrogens (tertiary/aromatic N) is 1. The van der Waals surface area contributed by atoms with Crippen LogP contribution in [0.2, 0.25) is 5.02 Å². The van der Waals surface area contributed by atoms with Crippen LogP contribution in [0, 0.1) is 0 Å². The summed E-state index contributed by atoms with van der Waals surface area (Å²) < 4.78 is 21.6. The van der Waals surface area contributed by atoms with Crippen molar-refractivity contribution in [2.75, 3.05) is 21.3 Å². The summed E-state index contributed by atoms with van der Waals surface area (Å²) in [4.78, 5) is 12.4. The molecule has 0 aromatic heterocycles. The van der Waals surface area contributed by atoms with Crippen molar-refractivity contribution in [1.29, 1.82) is 0 Å². The summed E-state index contributed by atoms with van der Waals surface area (Å²) in [6, 6.07) is 17.7. The molecule has 0 saturated heterocycles. The minimum Gasteiger partial charge on any atom is -0.497 e. The highest BCUT2D eigenvalue weighted by Crippen LogP contribution is 2.28. The van der Waals surface area contributed by atoms with E-state index in [0.717, 1.165) is 11.1 Å². The zero-order chi connectivity index (χ0) is 22.9. The van der Waals surface area contributed by atoms with E-state index in [1.54, 1.807) is 37.4 Å². The Hall–Kier alpha value is -3.71. The fraction of sp³-hybridized carbons (Fsp3) is 0.167. The third-order valence-electron chi connectivity index (χ3n) is 4.49. The molecule has 0 saturated carbocycles. The number of hydrogen-bond donors (Lipinski definition) is 1. The number of hydrazone groups is 1. The van der Waals surface area contributed by atoms with Crippen LogP contribution in [0.3, 0.4) is 0 Å².